The Bertz CT molecular complexity index is 571. The van der Waals surface area contributed by atoms with Crippen molar-refractivity contribution in [3.63, 3.8) is 0 Å². The Labute approximate surface area is 129 Å². The van der Waals surface area contributed by atoms with Gasteiger partial charge in [0.15, 0.2) is 9.90 Å². The molecule has 0 aromatic carbocycles. The van der Waals surface area contributed by atoms with Crippen LogP contribution in [0.5, 0.6) is 0 Å². The number of carboxylic acid groups (broad SMARTS) is 1. The third kappa shape index (κ3) is 5.34. The Morgan fingerprint density at radius 2 is 2.10 bits per heavy atom. The van der Waals surface area contributed by atoms with E-state index in [4.69, 9.17) is 5.11 Å². The summed E-state index contributed by atoms with van der Waals surface area (Å²) in [5.74, 6) is -1.03. The van der Waals surface area contributed by atoms with E-state index >= 15 is 0 Å². The van der Waals surface area contributed by atoms with Gasteiger partial charge in [-0.05, 0) is 26.4 Å². The second-order valence-electron chi connectivity index (χ2n) is 5.50. The Balaban J connectivity index is 3.00. The number of nitrogens with zero attached hydrogens (tertiary/aromatic N) is 2. The Kier molecular flexibility index (Phi) is 6.26. The number of hydrogen-bond donors (Lipinski definition) is 2. The molecule has 1 rings (SSSR count). The van der Waals surface area contributed by atoms with Gasteiger partial charge < -0.3 is 10.0 Å². The van der Waals surface area contributed by atoms with Crippen molar-refractivity contribution in [2.45, 2.75) is 30.5 Å². The number of sulfonamides is 1. The van der Waals surface area contributed by atoms with Crippen LogP contribution in [-0.4, -0.2) is 56.1 Å². The molecule has 0 amide bonds. The summed E-state index contributed by atoms with van der Waals surface area (Å²) in [6, 6.07) is -0.284. The molecule has 0 bridgehead atoms. The van der Waals surface area contributed by atoms with Crippen LogP contribution in [0.3, 0.4) is 0 Å². The summed E-state index contributed by atoms with van der Waals surface area (Å²) in [7, 11) is -0.168. The van der Waals surface area contributed by atoms with Gasteiger partial charge in [0.1, 0.15) is 0 Å². The van der Waals surface area contributed by atoms with E-state index in [1.54, 1.807) is 0 Å². The van der Waals surface area contributed by atoms with E-state index in [1.807, 2.05) is 32.8 Å². The summed E-state index contributed by atoms with van der Waals surface area (Å²) in [4.78, 5) is 16.5. The molecule has 0 aliphatic heterocycles. The second-order valence-corrected chi connectivity index (χ2v) is 8.27. The van der Waals surface area contributed by atoms with Gasteiger partial charge in [-0.3, -0.25) is 0 Å². The highest BCUT2D eigenvalue weighted by atomic mass is 32.2. The van der Waals surface area contributed by atoms with Crippen molar-refractivity contribution >= 4 is 27.3 Å². The van der Waals surface area contributed by atoms with Gasteiger partial charge in [-0.25, -0.2) is 22.9 Å². The van der Waals surface area contributed by atoms with Crippen LogP contribution in [-0.2, 0) is 10.0 Å². The van der Waals surface area contributed by atoms with E-state index in [-0.39, 0.29) is 10.3 Å². The lowest BCUT2D eigenvalue weighted by Crippen LogP contribution is -2.42. The molecule has 1 unspecified atom stereocenters. The highest BCUT2D eigenvalue weighted by Gasteiger charge is 2.28. The summed E-state index contributed by atoms with van der Waals surface area (Å²) < 4.78 is 27.1. The molecule has 0 saturated carbocycles. The number of carboxylic acids is 1. The van der Waals surface area contributed by atoms with E-state index in [1.165, 1.54) is 5.51 Å². The lowest BCUT2D eigenvalue weighted by molar-refractivity contribution is 0.0687. The van der Waals surface area contributed by atoms with Crippen LogP contribution in [0, 0.1) is 5.92 Å². The first kappa shape index (κ1) is 18.0. The van der Waals surface area contributed by atoms with Crippen LogP contribution in [0.1, 0.15) is 30.8 Å². The average molecular weight is 335 g/mol. The lowest BCUT2D eigenvalue weighted by Gasteiger charge is -2.23. The summed E-state index contributed by atoms with van der Waals surface area (Å²) in [5, 5.41) is 8.99. The number of thiazole rings is 1. The topological polar surface area (TPSA) is 99.6 Å². The number of rotatable bonds is 8. The summed E-state index contributed by atoms with van der Waals surface area (Å²) in [6.45, 7) is 4.55. The van der Waals surface area contributed by atoms with Gasteiger partial charge in [-0.1, -0.05) is 13.8 Å². The van der Waals surface area contributed by atoms with Gasteiger partial charge >= 0.3 is 5.97 Å². The van der Waals surface area contributed by atoms with Crippen LogP contribution in [0.4, 0.5) is 0 Å². The Hall–Kier alpha value is -1.03. The zero-order valence-corrected chi connectivity index (χ0v) is 14.2. The molecule has 21 heavy (non-hydrogen) atoms. The van der Waals surface area contributed by atoms with Crippen molar-refractivity contribution in [1.29, 1.82) is 0 Å². The maximum atomic E-state index is 12.4. The first-order valence-electron chi connectivity index (χ1n) is 6.47. The van der Waals surface area contributed by atoms with Crippen molar-refractivity contribution in [2.24, 2.45) is 5.92 Å². The molecule has 1 aromatic rings. The molecule has 0 saturated heterocycles. The molecular formula is C12H21N3O4S2. The standard InChI is InChI=1S/C12H21N3O4S2/c1-8(2)5-9(6-15(3)4)14-21(18,19)12-10(11(16)17)13-7-20-12/h7-9,14H,5-6H2,1-4H3,(H,16,17). The normalized spacial score (nSPS) is 13.8. The van der Waals surface area contributed by atoms with Gasteiger partial charge in [0.25, 0.3) is 10.0 Å². The summed E-state index contributed by atoms with van der Waals surface area (Å²) in [5.41, 5.74) is 0.794. The van der Waals surface area contributed by atoms with Gasteiger partial charge in [0.05, 0.1) is 5.51 Å². The fourth-order valence-electron chi connectivity index (χ4n) is 2.01. The van der Waals surface area contributed by atoms with Crippen molar-refractivity contribution < 1.29 is 18.3 Å². The van der Waals surface area contributed by atoms with Crippen molar-refractivity contribution in [3.8, 4) is 0 Å². The quantitative estimate of drug-likeness (QED) is 0.738. The molecule has 1 aromatic heterocycles. The molecular weight excluding hydrogens is 314 g/mol. The Morgan fingerprint density at radius 1 is 1.48 bits per heavy atom. The van der Waals surface area contributed by atoms with Crippen LogP contribution >= 0.6 is 11.3 Å². The van der Waals surface area contributed by atoms with Crippen LogP contribution < -0.4 is 4.72 Å². The number of nitrogens with one attached hydrogen (secondary N) is 1. The molecule has 2 N–H and O–H groups in total. The Morgan fingerprint density at radius 3 is 2.57 bits per heavy atom. The predicted molar refractivity (Wildman–Crippen MR) is 81.2 cm³/mol. The van der Waals surface area contributed by atoms with E-state index in [0.717, 1.165) is 11.3 Å². The van der Waals surface area contributed by atoms with E-state index in [2.05, 4.69) is 9.71 Å². The van der Waals surface area contributed by atoms with Crippen molar-refractivity contribution in [1.82, 2.24) is 14.6 Å². The van der Waals surface area contributed by atoms with E-state index < -0.39 is 21.7 Å². The molecule has 7 nitrogen and oxygen atoms in total. The summed E-state index contributed by atoms with van der Waals surface area (Å²) >= 11 is 0.809. The minimum Gasteiger partial charge on any atom is -0.476 e. The molecule has 1 atom stereocenters. The fraction of sp³-hybridized carbons (Fsp3) is 0.667. The second kappa shape index (κ2) is 7.30. The number of hydrogen-bond acceptors (Lipinski definition) is 6. The third-order valence-electron chi connectivity index (χ3n) is 2.64. The lowest BCUT2D eigenvalue weighted by atomic mass is 10.0. The highest BCUT2D eigenvalue weighted by Crippen LogP contribution is 2.21. The molecule has 0 aliphatic carbocycles. The molecule has 9 heteroatoms. The molecule has 0 spiro atoms. The van der Waals surface area contributed by atoms with Crippen LogP contribution in [0.2, 0.25) is 0 Å². The molecule has 0 fully saturated rings. The van der Waals surface area contributed by atoms with Gasteiger partial charge in [-0.2, -0.15) is 0 Å². The molecule has 0 radical (unpaired) electrons. The zero-order chi connectivity index (χ0) is 16.2. The SMILES string of the molecule is CC(C)CC(CN(C)C)NS(=O)(=O)c1scnc1C(=O)O. The largest absolute Gasteiger partial charge is 0.476 e. The number of aromatic carboxylic acids is 1. The van der Waals surface area contributed by atoms with Gasteiger partial charge in [0.2, 0.25) is 0 Å². The molecule has 0 aliphatic rings. The first-order chi connectivity index (χ1) is 9.63. The van der Waals surface area contributed by atoms with Crippen LogP contribution in [0.25, 0.3) is 0 Å². The summed E-state index contributed by atoms with van der Waals surface area (Å²) in [6.07, 6.45) is 0.665. The monoisotopic (exact) mass is 335 g/mol. The minimum atomic E-state index is -3.88. The van der Waals surface area contributed by atoms with Crippen LogP contribution in [0.15, 0.2) is 9.72 Å². The molecule has 120 valence electrons. The predicted octanol–water partition coefficient (Wildman–Crippen LogP) is 1.10. The molecule has 1 heterocycles. The highest BCUT2D eigenvalue weighted by molar-refractivity contribution is 7.91. The average Bonchev–Trinajstić information content (AvgIpc) is 2.75. The maximum Gasteiger partial charge on any atom is 0.356 e. The smallest absolute Gasteiger partial charge is 0.356 e. The number of aromatic nitrogens is 1. The van der Waals surface area contributed by atoms with Crippen molar-refractivity contribution in [3.05, 3.63) is 11.2 Å². The zero-order valence-electron chi connectivity index (χ0n) is 12.5. The van der Waals surface area contributed by atoms with Gasteiger partial charge in [-0.15, -0.1) is 11.3 Å². The minimum absolute atomic E-state index is 0.248. The first-order valence-corrected chi connectivity index (χ1v) is 8.83. The van der Waals surface area contributed by atoms with E-state index in [9.17, 15) is 13.2 Å². The van der Waals surface area contributed by atoms with E-state index in [0.29, 0.717) is 18.9 Å². The van der Waals surface area contributed by atoms with Crippen molar-refractivity contribution in [2.75, 3.05) is 20.6 Å². The fourth-order valence-corrected chi connectivity index (χ4v) is 4.41. The number of carbonyl (C=O) groups is 1. The third-order valence-corrected chi connectivity index (χ3v) is 5.54. The number of likely N-dealkylation sites (N-methyl/N-ethyl adjacent to an activating group) is 1. The van der Waals surface area contributed by atoms with Gasteiger partial charge in [0, 0.05) is 12.6 Å². The maximum absolute atomic E-state index is 12.4.